The van der Waals surface area contributed by atoms with E-state index in [9.17, 15) is 13.2 Å². The van der Waals surface area contributed by atoms with Gasteiger partial charge >= 0.3 is 5.97 Å². The summed E-state index contributed by atoms with van der Waals surface area (Å²) in [6.07, 6.45) is 2.28. The molecule has 1 aromatic heterocycles. The molecule has 0 radical (unpaired) electrons. The molecule has 0 fully saturated rings. The fraction of sp³-hybridized carbons (Fsp3) is 0.250. The summed E-state index contributed by atoms with van der Waals surface area (Å²) in [5.74, 6) is -0.897. The van der Waals surface area contributed by atoms with Crippen LogP contribution in [0.5, 0.6) is 0 Å². The Morgan fingerprint density at radius 2 is 2.13 bits per heavy atom. The summed E-state index contributed by atoms with van der Waals surface area (Å²) in [4.78, 5) is 19.2. The molecule has 0 unspecified atom stereocenters. The molecule has 0 spiro atoms. The van der Waals surface area contributed by atoms with E-state index in [2.05, 4.69) is 14.2 Å². The van der Waals surface area contributed by atoms with E-state index in [0.29, 0.717) is 5.69 Å². The van der Waals surface area contributed by atoms with Crippen molar-refractivity contribution in [2.45, 2.75) is 6.92 Å². The first-order valence-electron chi connectivity index (χ1n) is 3.92. The number of hydrogen-bond acceptors (Lipinski definition) is 6. The van der Waals surface area contributed by atoms with Gasteiger partial charge in [0.05, 0.1) is 17.5 Å². The standard InChI is InChI=1S/C8H9NO5S/c1-6-7(4-3-5-9-6)8(10)13-14-15(2,11)12/h3-5H,1-2H3. The van der Waals surface area contributed by atoms with Crippen LogP contribution in [0, 0.1) is 6.92 Å². The average Bonchev–Trinajstić information content (AvgIpc) is 2.14. The molecule has 0 aliphatic carbocycles. The average molecular weight is 231 g/mol. The summed E-state index contributed by atoms with van der Waals surface area (Å²) < 4.78 is 25.0. The number of rotatable bonds is 3. The minimum atomic E-state index is -3.80. The summed E-state index contributed by atoms with van der Waals surface area (Å²) >= 11 is 0. The number of aryl methyl sites for hydroxylation is 1. The van der Waals surface area contributed by atoms with E-state index in [0.717, 1.165) is 6.26 Å². The van der Waals surface area contributed by atoms with Gasteiger partial charge in [-0.05, 0) is 19.1 Å². The highest BCUT2D eigenvalue weighted by Gasteiger charge is 2.14. The van der Waals surface area contributed by atoms with Gasteiger partial charge in [0.25, 0.3) is 10.1 Å². The lowest BCUT2D eigenvalue weighted by Crippen LogP contribution is -2.12. The molecule has 6 nitrogen and oxygen atoms in total. The van der Waals surface area contributed by atoms with Crippen molar-refractivity contribution in [1.82, 2.24) is 4.98 Å². The zero-order valence-corrected chi connectivity index (χ0v) is 8.95. The molecular weight excluding hydrogens is 222 g/mol. The molecule has 0 amide bonds. The largest absolute Gasteiger partial charge is 0.376 e. The smallest absolute Gasteiger partial charge is 0.276 e. The highest BCUT2D eigenvalue weighted by molar-refractivity contribution is 7.85. The second-order valence-corrected chi connectivity index (χ2v) is 4.32. The summed E-state index contributed by atoms with van der Waals surface area (Å²) in [7, 11) is -3.80. The van der Waals surface area contributed by atoms with E-state index < -0.39 is 16.1 Å². The Morgan fingerprint density at radius 3 is 2.67 bits per heavy atom. The zero-order valence-electron chi connectivity index (χ0n) is 8.13. The highest BCUT2D eigenvalue weighted by atomic mass is 32.2. The highest BCUT2D eigenvalue weighted by Crippen LogP contribution is 2.06. The van der Waals surface area contributed by atoms with Crippen LogP contribution in [0.25, 0.3) is 0 Å². The molecule has 0 aliphatic heterocycles. The van der Waals surface area contributed by atoms with Crippen LogP contribution in [0.1, 0.15) is 16.1 Å². The number of aromatic nitrogens is 1. The third-order valence-corrected chi connectivity index (χ3v) is 1.78. The zero-order chi connectivity index (χ0) is 11.5. The second-order valence-electron chi connectivity index (χ2n) is 2.78. The van der Waals surface area contributed by atoms with Crippen LogP contribution in [0.3, 0.4) is 0 Å². The van der Waals surface area contributed by atoms with E-state index in [-0.39, 0.29) is 5.56 Å². The number of carbonyl (C=O) groups is 1. The van der Waals surface area contributed by atoms with E-state index in [1.54, 1.807) is 6.92 Å². The van der Waals surface area contributed by atoms with E-state index in [1.165, 1.54) is 18.3 Å². The first-order chi connectivity index (χ1) is 6.90. The summed E-state index contributed by atoms with van der Waals surface area (Å²) in [5.41, 5.74) is 0.584. The Balaban J connectivity index is 2.75. The number of nitrogens with zero attached hydrogens (tertiary/aromatic N) is 1. The van der Waals surface area contributed by atoms with Crippen molar-refractivity contribution in [1.29, 1.82) is 0 Å². The molecule has 1 heterocycles. The van der Waals surface area contributed by atoms with Gasteiger partial charge < -0.3 is 0 Å². The molecule has 0 bridgehead atoms. The summed E-state index contributed by atoms with van der Waals surface area (Å²) in [6.45, 7) is 1.59. The van der Waals surface area contributed by atoms with Crippen molar-refractivity contribution < 1.29 is 22.4 Å². The fourth-order valence-corrected chi connectivity index (χ4v) is 1.02. The fourth-order valence-electron chi connectivity index (χ4n) is 0.838. The lowest BCUT2D eigenvalue weighted by Gasteiger charge is -2.02. The first-order valence-corrected chi connectivity index (χ1v) is 5.74. The molecule has 82 valence electrons. The topological polar surface area (TPSA) is 82.6 Å². The molecule has 0 N–H and O–H groups in total. The van der Waals surface area contributed by atoms with Gasteiger partial charge in [-0.1, -0.05) is 4.33 Å². The Bertz CT molecular complexity index is 468. The van der Waals surface area contributed by atoms with Crippen molar-refractivity contribution in [3.63, 3.8) is 0 Å². The maximum absolute atomic E-state index is 11.3. The van der Waals surface area contributed by atoms with E-state index in [1.807, 2.05) is 0 Å². The van der Waals surface area contributed by atoms with Crippen LogP contribution in [-0.4, -0.2) is 25.6 Å². The Hall–Kier alpha value is -1.47. The predicted molar refractivity (Wildman–Crippen MR) is 50.3 cm³/mol. The van der Waals surface area contributed by atoms with Crippen molar-refractivity contribution in [2.75, 3.05) is 6.26 Å². The van der Waals surface area contributed by atoms with Gasteiger partial charge in [-0.25, -0.2) is 4.79 Å². The normalized spacial score (nSPS) is 11.1. The molecule has 0 saturated carbocycles. The summed E-state index contributed by atoms with van der Waals surface area (Å²) in [6, 6.07) is 2.99. The predicted octanol–water partition coefficient (Wildman–Crippen LogP) is 0.438. The van der Waals surface area contributed by atoms with Crippen LogP contribution in [0.4, 0.5) is 0 Å². The summed E-state index contributed by atoms with van der Waals surface area (Å²) in [5, 5.41) is 0. The minimum Gasteiger partial charge on any atom is -0.276 e. The van der Waals surface area contributed by atoms with Gasteiger partial charge in [0.2, 0.25) is 0 Å². The Kier molecular flexibility index (Phi) is 3.38. The van der Waals surface area contributed by atoms with Gasteiger partial charge in [0.15, 0.2) is 0 Å². The van der Waals surface area contributed by atoms with Crippen LogP contribution in [0.2, 0.25) is 0 Å². The Labute approximate surface area is 86.9 Å². The molecule has 0 aromatic carbocycles. The molecule has 7 heteroatoms. The van der Waals surface area contributed by atoms with Crippen molar-refractivity contribution >= 4 is 16.1 Å². The van der Waals surface area contributed by atoms with Crippen LogP contribution < -0.4 is 0 Å². The molecule has 0 aliphatic rings. The minimum absolute atomic E-state index is 0.154. The van der Waals surface area contributed by atoms with E-state index in [4.69, 9.17) is 0 Å². The number of pyridine rings is 1. The second kappa shape index (κ2) is 4.37. The number of hydrogen-bond donors (Lipinski definition) is 0. The van der Waals surface area contributed by atoms with Gasteiger partial charge in [0, 0.05) is 6.20 Å². The van der Waals surface area contributed by atoms with Gasteiger partial charge in [-0.2, -0.15) is 8.42 Å². The first kappa shape index (κ1) is 11.6. The van der Waals surface area contributed by atoms with E-state index >= 15 is 0 Å². The van der Waals surface area contributed by atoms with Crippen LogP contribution in [0.15, 0.2) is 18.3 Å². The monoisotopic (exact) mass is 231 g/mol. The molecule has 0 saturated heterocycles. The third kappa shape index (κ3) is 3.64. The van der Waals surface area contributed by atoms with Gasteiger partial charge in [0.1, 0.15) is 0 Å². The molecule has 1 rings (SSSR count). The molecule has 1 aromatic rings. The number of carbonyl (C=O) groups excluding carboxylic acids is 1. The lowest BCUT2D eigenvalue weighted by atomic mass is 10.2. The van der Waals surface area contributed by atoms with Crippen molar-refractivity contribution in [2.24, 2.45) is 0 Å². The van der Waals surface area contributed by atoms with Crippen molar-refractivity contribution in [3.8, 4) is 0 Å². The Morgan fingerprint density at radius 1 is 1.47 bits per heavy atom. The maximum atomic E-state index is 11.3. The molecular formula is C8H9NO5S. The molecule has 15 heavy (non-hydrogen) atoms. The van der Waals surface area contributed by atoms with Crippen molar-refractivity contribution in [3.05, 3.63) is 29.6 Å². The van der Waals surface area contributed by atoms with Gasteiger partial charge in [-0.3, -0.25) is 9.87 Å². The van der Waals surface area contributed by atoms with Crippen LogP contribution in [-0.2, 0) is 19.3 Å². The quantitative estimate of drug-likeness (QED) is 0.554. The molecule has 0 atom stereocenters. The third-order valence-electron chi connectivity index (χ3n) is 1.46. The lowest BCUT2D eigenvalue weighted by molar-refractivity contribution is -0.143. The maximum Gasteiger partial charge on any atom is 0.376 e. The van der Waals surface area contributed by atoms with Crippen LogP contribution >= 0.6 is 0 Å². The van der Waals surface area contributed by atoms with Gasteiger partial charge in [-0.15, -0.1) is 0 Å². The SMILES string of the molecule is Cc1ncccc1C(=O)OOS(C)(=O)=O.